The number of nitrogens with zero attached hydrogens (tertiary/aromatic N) is 2. The number of likely N-dealkylation sites (tertiary alicyclic amines) is 2. The maximum absolute atomic E-state index is 12.8. The van der Waals surface area contributed by atoms with Crippen LogP contribution in [0.2, 0.25) is 0 Å². The van der Waals surface area contributed by atoms with Crippen molar-refractivity contribution in [1.29, 1.82) is 0 Å². The number of amides is 3. The summed E-state index contributed by atoms with van der Waals surface area (Å²) in [5.74, 6) is -0.197. The molecule has 1 atom stereocenters. The maximum Gasteiger partial charge on any atom is 0.230 e. The smallest absolute Gasteiger partial charge is 0.230 e. The van der Waals surface area contributed by atoms with E-state index in [2.05, 4.69) is 0 Å². The van der Waals surface area contributed by atoms with Crippen LogP contribution in [0.25, 0.3) is 0 Å². The predicted octanol–water partition coefficient (Wildman–Crippen LogP) is 1.65. The lowest BCUT2D eigenvalue weighted by molar-refractivity contribution is -0.135. The van der Waals surface area contributed by atoms with Gasteiger partial charge in [-0.1, -0.05) is 30.3 Å². The van der Waals surface area contributed by atoms with Crippen LogP contribution in [-0.4, -0.2) is 53.2 Å². The van der Waals surface area contributed by atoms with Crippen LogP contribution in [0.15, 0.2) is 30.3 Å². The monoisotopic (exact) mass is 357 g/mol. The van der Waals surface area contributed by atoms with Crippen molar-refractivity contribution in [1.82, 2.24) is 9.80 Å². The van der Waals surface area contributed by atoms with Crippen molar-refractivity contribution in [2.24, 2.45) is 5.73 Å². The Morgan fingerprint density at radius 2 is 1.81 bits per heavy atom. The Morgan fingerprint density at radius 1 is 1.15 bits per heavy atom. The summed E-state index contributed by atoms with van der Waals surface area (Å²) >= 11 is 0. The van der Waals surface area contributed by atoms with Crippen LogP contribution in [0.4, 0.5) is 0 Å². The minimum Gasteiger partial charge on any atom is -0.370 e. The van der Waals surface area contributed by atoms with Crippen molar-refractivity contribution >= 4 is 17.7 Å². The van der Waals surface area contributed by atoms with E-state index in [4.69, 9.17) is 5.73 Å². The molecule has 3 amide bonds. The van der Waals surface area contributed by atoms with Crippen LogP contribution in [0, 0.1) is 0 Å². The Balaban J connectivity index is 1.60. The Bertz CT molecular complexity index is 681. The van der Waals surface area contributed by atoms with E-state index in [1.165, 1.54) is 0 Å². The van der Waals surface area contributed by atoms with Crippen molar-refractivity contribution in [3.8, 4) is 0 Å². The number of benzene rings is 1. The van der Waals surface area contributed by atoms with E-state index in [0.717, 1.165) is 24.8 Å². The zero-order chi connectivity index (χ0) is 18.7. The molecule has 0 unspecified atom stereocenters. The molecule has 140 valence electrons. The van der Waals surface area contributed by atoms with Crippen LogP contribution >= 0.6 is 0 Å². The molecule has 0 aliphatic carbocycles. The fourth-order valence-electron chi connectivity index (χ4n) is 4.30. The standard InChI is InChI=1S/C20H27N3O3/c1-22-19(26)16(15-6-3-2-4-7-15)14-20(22)10-12-23(13-11-20)18(25)9-5-8-17(21)24/h2-4,6-7,16H,5,8-14H2,1H3,(H2,21,24)/t16-/m1/s1. The normalized spacial score (nSPS) is 22.0. The molecule has 2 aliphatic heterocycles. The number of likely N-dealkylation sites (N-methyl/N-ethyl adjacent to an activating group) is 1. The van der Waals surface area contributed by atoms with E-state index in [0.29, 0.717) is 25.9 Å². The molecule has 2 fully saturated rings. The molecule has 2 heterocycles. The van der Waals surface area contributed by atoms with Gasteiger partial charge in [-0.3, -0.25) is 14.4 Å². The van der Waals surface area contributed by atoms with Gasteiger partial charge in [0, 0.05) is 38.5 Å². The van der Waals surface area contributed by atoms with Crippen LogP contribution in [0.1, 0.15) is 50.0 Å². The van der Waals surface area contributed by atoms with Gasteiger partial charge in [-0.25, -0.2) is 0 Å². The number of hydrogen-bond acceptors (Lipinski definition) is 3. The van der Waals surface area contributed by atoms with Gasteiger partial charge in [0.25, 0.3) is 0 Å². The molecule has 0 radical (unpaired) electrons. The van der Waals surface area contributed by atoms with Gasteiger partial charge in [0.1, 0.15) is 0 Å². The van der Waals surface area contributed by atoms with Crippen molar-refractivity contribution < 1.29 is 14.4 Å². The first-order chi connectivity index (χ1) is 12.4. The van der Waals surface area contributed by atoms with E-state index < -0.39 is 0 Å². The number of primary amides is 1. The fraction of sp³-hybridized carbons (Fsp3) is 0.550. The average molecular weight is 357 g/mol. The number of hydrogen-bond donors (Lipinski definition) is 1. The second-order valence-electron chi connectivity index (χ2n) is 7.49. The molecule has 2 N–H and O–H groups in total. The topological polar surface area (TPSA) is 83.7 Å². The zero-order valence-electron chi connectivity index (χ0n) is 15.3. The quantitative estimate of drug-likeness (QED) is 0.870. The molecule has 0 bridgehead atoms. The van der Waals surface area contributed by atoms with Gasteiger partial charge < -0.3 is 15.5 Å². The van der Waals surface area contributed by atoms with E-state index >= 15 is 0 Å². The number of rotatable bonds is 5. The summed E-state index contributed by atoms with van der Waals surface area (Å²) in [6.45, 7) is 1.32. The highest BCUT2D eigenvalue weighted by Crippen LogP contribution is 2.44. The number of carbonyl (C=O) groups is 3. The van der Waals surface area contributed by atoms with Crippen LogP contribution in [0.5, 0.6) is 0 Å². The minimum absolute atomic E-state index is 0.0766. The molecular weight excluding hydrogens is 330 g/mol. The third kappa shape index (κ3) is 3.59. The second kappa shape index (κ2) is 7.48. The Hall–Kier alpha value is -2.37. The molecule has 1 aromatic carbocycles. The zero-order valence-corrected chi connectivity index (χ0v) is 15.3. The molecule has 0 aromatic heterocycles. The first-order valence-electron chi connectivity index (χ1n) is 9.32. The molecule has 2 aliphatic rings. The van der Waals surface area contributed by atoms with Crippen molar-refractivity contribution in [3.05, 3.63) is 35.9 Å². The van der Waals surface area contributed by atoms with Gasteiger partial charge in [-0.05, 0) is 31.2 Å². The summed E-state index contributed by atoms with van der Waals surface area (Å²) < 4.78 is 0. The average Bonchev–Trinajstić information content (AvgIpc) is 2.88. The molecule has 3 rings (SSSR count). The summed E-state index contributed by atoms with van der Waals surface area (Å²) in [4.78, 5) is 39.7. The highest BCUT2D eigenvalue weighted by molar-refractivity contribution is 5.87. The highest BCUT2D eigenvalue weighted by atomic mass is 16.2. The van der Waals surface area contributed by atoms with E-state index in [-0.39, 0.29) is 35.6 Å². The summed E-state index contributed by atoms with van der Waals surface area (Å²) in [6.07, 6.45) is 3.54. The van der Waals surface area contributed by atoms with Crippen LogP contribution in [-0.2, 0) is 14.4 Å². The van der Waals surface area contributed by atoms with Gasteiger partial charge in [-0.2, -0.15) is 0 Å². The second-order valence-corrected chi connectivity index (χ2v) is 7.49. The minimum atomic E-state index is -0.367. The highest BCUT2D eigenvalue weighted by Gasteiger charge is 2.50. The molecule has 1 spiro atoms. The summed E-state index contributed by atoms with van der Waals surface area (Å²) in [7, 11) is 1.90. The maximum atomic E-state index is 12.8. The Labute approximate surface area is 154 Å². The number of nitrogens with two attached hydrogens (primary N) is 1. The lowest BCUT2D eigenvalue weighted by Gasteiger charge is -2.43. The van der Waals surface area contributed by atoms with Gasteiger partial charge in [0.2, 0.25) is 17.7 Å². The van der Waals surface area contributed by atoms with E-state index in [1.807, 2.05) is 47.2 Å². The molecule has 6 heteroatoms. The first kappa shape index (κ1) is 18.4. The summed E-state index contributed by atoms with van der Waals surface area (Å²) in [5.41, 5.74) is 6.05. The third-order valence-corrected chi connectivity index (χ3v) is 5.99. The van der Waals surface area contributed by atoms with Crippen molar-refractivity contribution in [3.63, 3.8) is 0 Å². The number of carbonyl (C=O) groups excluding carboxylic acids is 3. The van der Waals surface area contributed by atoms with Crippen molar-refractivity contribution in [2.45, 2.75) is 50.0 Å². The number of piperidine rings is 1. The molecule has 1 aromatic rings. The van der Waals surface area contributed by atoms with E-state index in [1.54, 1.807) is 0 Å². The van der Waals surface area contributed by atoms with Crippen LogP contribution < -0.4 is 5.73 Å². The van der Waals surface area contributed by atoms with Gasteiger partial charge >= 0.3 is 0 Å². The van der Waals surface area contributed by atoms with Gasteiger partial charge in [0.05, 0.1) is 5.92 Å². The first-order valence-corrected chi connectivity index (χ1v) is 9.32. The van der Waals surface area contributed by atoms with Crippen LogP contribution in [0.3, 0.4) is 0 Å². The lowest BCUT2D eigenvalue weighted by Crippen LogP contribution is -2.52. The summed E-state index contributed by atoms with van der Waals surface area (Å²) in [6, 6.07) is 9.95. The SMILES string of the molecule is CN1C(=O)[C@@H](c2ccccc2)CC12CCN(C(=O)CCCC(N)=O)CC2. The summed E-state index contributed by atoms with van der Waals surface area (Å²) in [5, 5.41) is 0. The van der Waals surface area contributed by atoms with Gasteiger partial charge in [-0.15, -0.1) is 0 Å². The Kier molecular flexibility index (Phi) is 5.30. The fourth-order valence-corrected chi connectivity index (χ4v) is 4.30. The predicted molar refractivity (Wildman–Crippen MR) is 98.2 cm³/mol. The molecule has 2 saturated heterocycles. The largest absolute Gasteiger partial charge is 0.370 e. The Morgan fingerprint density at radius 3 is 2.42 bits per heavy atom. The molecule has 0 saturated carbocycles. The van der Waals surface area contributed by atoms with Gasteiger partial charge in [0.15, 0.2) is 0 Å². The molecule has 26 heavy (non-hydrogen) atoms. The third-order valence-electron chi connectivity index (χ3n) is 5.99. The van der Waals surface area contributed by atoms with Crippen molar-refractivity contribution in [2.75, 3.05) is 20.1 Å². The molecule has 6 nitrogen and oxygen atoms in total. The lowest BCUT2D eigenvalue weighted by atomic mass is 9.81. The van der Waals surface area contributed by atoms with E-state index in [9.17, 15) is 14.4 Å². The molecular formula is C20H27N3O3.